The highest BCUT2D eigenvalue weighted by molar-refractivity contribution is 7.93. The van der Waals surface area contributed by atoms with Crippen molar-refractivity contribution in [3.63, 3.8) is 0 Å². The fourth-order valence-electron chi connectivity index (χ4n) is 1.68. The molecule has 2 rings (SSSR count). The van der Waals surface area contributed by atoms with Crippen LogP contribution in [0.5, 0.6) is 0 Å². The molecule has 1 aliphatic carbocycles. The van der Waals surface area contributed by atoms with Crippen LogP contribution in [0.2, 0.25) is 0 Å². The first kappa shape index (κ1) is 12.3. The Labute approximate surface area is 106 Å². The van der Waals surface area contributed by atoms with Gasteiger partial charge in [0.25, 0.3) is 0 Å². The molecule has 1 saturated carbocycles. The molecule has 0 atom stereocenters. The first-order valence-electron chi connectivity index (χ1n) is 5.31. The van der Waals surface area contributed by atoms with Crippen molar-refractivity contribution < 1.29 is 8.42 Å². The van der Waals surface area contributed by atoms with E-state index in [1.807, 2.05) is 0 Å². The van der Waals surface area contributed by atoms with Gasteiger partial charge >= 0.3 is 0 Å². The maximum absolute atomic E-state index is 12.1. The largest absolute Gasteiger partial charge is 0.389 e. The number of benzene rings is 1. The second-order valence-corrected chi connectivity index (χ2v) is 6.78. The van der Waals surface area contributed by atoms with Gasteiger partial charge in [-0.25, -0.2) is 8.42 Å². The Kier molecular flexibility index (Phi) is 3.09. The summed E-state index contributed by atoms with van der Waals surface area (Å²) < 4.78 is 25.5. The molecule has 1 fully saturated rings. The van der Waals surface area contributed by atoms with Crippen LogP contribution in [0.4, 0.5) is 5.69 Å². The van der Waals surface area contributed by atoms with Gasteiger partial charge in [-0.3, -0.25) is 4.31 Å². The van der Waals surface area contributed by atoms with Gasteiger partial charge in [-0.2, -0.15) is 0 Å². The van der Waals surface area contributed by atoms with Crippen molar-refractivity contribution in [2.24, 2.45) is 5.73 Å². The summed E-state index contributed by atoms with van der Waals surface area (Å²) in [6, 6.07) is 7.01. The van der Waals surface area contributed by atoms with E-state index in [-0.39, 0.29) is 10.2 Å². The van der Waals surface area contributed by atoms with Gasteiger partial charge in [0.15, 0.2) is 0 Å². The third-order valence-corrected chi connectivity index (χ3v) is 5.33. The van der Waals surface area contributed by atoms with Gasteiger partial charge in [-0.15, -0.1) is 0 Å². The Morgan fingerprint density at radius 3 is 2.53 bits per heavy atom. The summed E-state index contributed by atoms with van der Waals surface area (Å²) in [6.45, 7) is 0. The Bertz CT molecular complexity index is 550. The van der Waals surface area contributed by atoms with Crippen LogP contribution in [0.1, 0.15) is 18.4 Å². The Balaban J connectivity index is 2.43. The molecule has 17 heavy (non-hydrogen) atoms. The molecule has 0 aliphatic heterocycles. The van der Waals surface area contributed by atoms with E-state index < -0.39 is 10.0 Å². The number of hydrogen-bond donors (Lipinski definition) is 1. The summed E-state index contributed by atoms with van der Waals surface area (Å²) in [4.78, 5) is 0.207. The van der Waals surface area contributed by atoms with E-state index in [9.17, 15) is 8.42 Å². The summed E-state index contributed by atoms with van der Waals surface area (Å²) in [6.07, 6.45) is 1.48. The lowest BCUT2D eigenvalue weighted by Gasteiger charge is -2.21. The summed E-state index contributed by atoms with van der Waals surface area (Å²) in [5, 5.41) is -0.244. The van der Waals surface area contributed by atoms with Crippen molar-refractivity contribution in [3.8, 4) is 0 Å². The molecule has 1 aliphatic rings. The molecule has 0 heterocycles. The lowest BCUT2D eigenvalue weighted by atomic mass is 10.2. The maximum atomic E-state index is 12.1. The zero-order valence-corrected chi connectivity index (χ0v) is 11.1. The lowest BCUT2D eigenvalue weighted by molar-refractivity contribution is 0.593. The minimum absolute atomic E-state index is 0.207. The maximum Gasteiger partial charge on any atom is 0.237 e. The van der Waals surface area contributed by atoms with Gasteiger partial charge in [0.05, 0.1) is 10.9 Å². The topological polar surface area (TPSA) is 63.4 Å². The number of para-hydroxylation sites is 1. The highest BCUT2D eigenvalue weighted by Gasteiger charge is 2.39. The Morgan fingerprint density at radius 2 is 2.00 bits per heavy atom. The van der Waals surface area contributed by atoms with Crippen LogP contribution < -0.4 is 10.0 Å². The van der Waals surface area contributed by atoms with E-state index >= 15 is 0 Å². The predicted octanol–water partition coefficient (Wildman–Crippen LogP) is 1.25. The monoisotopic (exact) mass is 270 g/mol. The van der Waals surface area contributed by atoms with E-state index in [0.717, 1.165) is 12.8 Å². The van der Waals surface area contributed by atoms with Crippen LogP contribution in [0.3, 0.4) is 0 Å². The molecule has 92 valence electrons. The fourth-order valence-corrected chi connectivity index (χ4v) is 3.47. The second-order valence-electron chi connectivity index (χ2n) is 4.09. The molecule has 2 N–H and O–H groups in total. The first-order valence-corrected chi connectivity index (χ1v) is 7.22. The highest BCUT2D eigenvalue weighted by Crippen LogP contribution is 2.33. The molecule has 0 radical (unpaired) electrons. The van der Waals surface area contributed by atoms with Crippen molar-refractivity contribution in [2.75, 3.05) is 11.4 Å². The molecule has 0 amide bonds. The van der Waals surface area contributed by atoms with Crippen molar-refractivity contribution in [2.45, 2.75) is 18.1 Å². The zero-order valence-electron chi connectivity index (χ0n) is 9.46. The molecule has 0 unspecified atom stereocenters. The standard InChI is InChI=1S/C11H14N2O2S2/c1-13(17(14,15)8-6-7-8)10-5-3-2-4-9(10)11(12)16/h2-5,8H,6-7H2,1H3,(H2,12,16). The molecule has 1 aromatic rings. The average molecular weight is 270 g/mol. The SMILES string of the molecule is CN(c1ccccc1C(N)=S)S(=O)(=O)C1CC1. The van der Waals surface area contributed by atoms with E-state index in [0.29, 0.717) is 11.3 Å². The first-order chi connectivity index (χ1) is 7.94. The molecule has 6 heteroatoms. The van der Waals surface area contributed by atoms with Crippen molar-refractivity contribution in [3.05, 3.63) is 29.8 Å². The van der Waals surface area contributed by atoms with Crippen LogP contribution in [0.15, 0.2) is 24.3 Å². The smallest absolute Gasteiger partial charge is 0.237 e. The van der Waals surface area contributed by atoms with Gasteiger partial charge in [-0.05, 0) is 25.0 Å². The molecule has 0 spiro atoms. The molecular weight excluding hydrogens is 256 g/mol. The van der Waals surface area contributed by atoms with Gasteiger partial charge in [0.2, 0.25) is 10.0 Å². The quantitative estimate of drug-likeness (QED) is 0.836. The molecular formula is C11H14N2O2S2. The number of hydrogen-bond acceptors (Lipinski definition) is 3. The van der Waals surface area contributed by atoms with E-state index in [2.05, 4.69) is 0 Å². The summed E-state index contributed by atoms with van der Waals surface area (Å²) >= 11 is 4.93. The van der Waals surface area contributed by atoms with Crippen LogP contribution in [0.25, 0.3) is 0 Å². The van der Waals surface area contributed by atoms with Crippen molar-refractivity contribution in [1.29, 1.82) is 0 Å². The number of rotatable bonds is 4. The van der Waals surface area contributed by atoms with E-state index in [1.54, 1.807) is 31.3 Å². The average Bonchev–Trinajstić information content (AvgIpc) is 3.12. The number of thiocarbonyl (C=S) groups is 1. The van der Waals surface area contributed by atoms with Crippen LogP contribution in [-0.4, -0.2) is 25.7 Å². The van der Waals surface area contributed by atoms with Gasteiger partial charge in [0, 0.05) is 12.6 Å². The Hall–Kier alpha value is -1.14. The number of anilines is 1. The molecule has 0 bridgehead atoms. The lowest BCUT2D eigenvalue weighted by Crippen LogP contribution is -2.31. The van der Waals surface area contributed by atoms with Gasteiger partial charge in [-0.1, -0.05) is 24.4 Å². The third-order valence-electron chi connectivity index (χ3n) is 2.84. The fraction of sp³-hybridized carbons (Fsp3) is 0.364. The van der Waals surface area contributed by atoms with Crippen LogP contribution in [0, 0.1) is 0 Å². The number of nitrogens with two attached hydrogens (primary N) is 1. The minimum Gasteiger partial charge on any atom is -0.389 e. The number of sulfonamides is 1. The van der Waals surface area contributed by atoms with E-state index in [1.165, 1.54) is 4.31 Å². The second kappa shape index (κ2) is 4.27. The van der Waals surface area contributed by atoms with Crippen molar-refractivity contribution in [1.82, 2.24) is 0 Å². The summed E-state index contributed by atoms with van der Waals surface area (Å²) in [5.41, 5.74) is 6.74. The predicted molar refractivity (Wildman–Crippen MR) is 72.7 cm³/mol. The number of nitrogens with zero attached hydrogens (tertiary/aromatic N) is 1. The Morgan fingerprint density at radius 1 is 1.41 bits per heavy atom. The van der Waals surface area contributed by atoms with Gasteiger partial charge in [0.1, 0.15) is 4.99 Å². The minimum atomic E-state index is -3.26. The highest BCUT2D eigenvalue weighted by atomic mass is 32.2. The third kappa shape index (κ3) is 2.28. The molecule has 1 aromatic carbocycles. The molecule has 4 nitrogen and oxygen atoms in total. The summed E-state index contributed by atoms with van der Waals surface area (Å²) in [5.74, 6) is 0. The van der Waals surface area contributed by atoms with E-state index in [4.69, 9.17) is 18.0 Å². The molecule has 0 saturated heterocycles. The normalized spacial score (nSPS) is 15.6. The van der Waals surface area contributed by atoms with Crippen LogP contribution >= 0.6 is 12.2 Å². The molecule has 0 aromatic heterocycles. The zero-order chi connectivity index (χ0) is 12.6. The van der Waals surface area contributed by atoms with Crippen LogP contribution in [-0.2, 0) is 10.0 Å². The van der Waals surface area contributed by atoms with Gasteiger partial charge < -0.3 is 5.73 Å². The summed E-state index contributed by atoms with van der Waals surface area (Å²) in [7, 11) is -1.71. The van der Waals surface area contributed by atoms with Crippen molar-refractivity contribution >= 4 is 32.9 Å².